The largest absolute Gasteiger partial charge is 0.493 e. The Morgan fingerprint density at radius 2 is 2.00 bits per heavy atom. The van der Waals surface area contributed by atoms with Gasteiger partial charge in [0.1, 0.15) is 23.1 Å². The lowest BCUT2D eigenvalue weighted by molar-refractivity contribution is -0.126. The lowest BCUT2D eigenvalue weighted by Gasteiger charge is -2.40. The second-order valence-electron chi connectivity index (χ2n) is 11.5. The van der Waals surface area contributed by atoms with E-state index in [4.69, 9.17) is 10.00 Å². The van der Waals surface area contributed by atoms with Crippen molar-refractivity contribution < 1.29 is 18.3 Å². The molecule has 3 aromatic heterocycles. The van der Waals surface area contributed by atoms with Gasteiger partial charge in [0.05, 0.1) is 35.0 Å². The molecule has 12 heteroatoms. The average molecular weight is 612 g/mol. The van der Waals surface area contributed by atoms with Crippen LogP contribution in [0, 0.1) is 23.0 Å². The standard InChI is InChI=1S/C33H31F2N7O3/c1-19(2)28-30-21(11-13-37-28)7-6-16-45-25-9-4-8-23(34)27(25)29-24(35)17-22-31(39-33(44)42(30)32(22)38-29)41-15-14-40(18-20(41)3)26(43)10-5-12-36/h4-5,8-11,13,17,19-20H,6-7,14-16,18H2,1-3H3/b10-5+. The highest BCUT2D eigenvalue weighted by Crippen LogP contribution is 2.38. The van der Waals surface area contributed by atoms with Gasteiger partial charge in [0, 0.05) is 44.0 Å². The molecule has 4 aromatic rings. The molecule has 2 aliphatic heterocycles. The number of piperazine rings is 1. The third-order valence-electron chi connectivity index (χ3n) is 8.18. The lowest BCUT2D eigenvalue weighted by atomic mass is 10.0. The number of rotatable bonds is 3. The first-order valence-corrected chi connectivity index (χ1v) is 14.8. The van der Waals surface area contributed by atoms with Gasteiger partial charge in [-0.25, -0.2) is 23.1 Å². The third kappa shape index (κ3) is 5.39. The number of nitriles is 1. The van der Waals surface area contributed by atoms with E-state index in [0.717, 1.165) is 11.6 Å². The maximum absolute atomic E-state index is 16.2. The van der Waals surface area contributed by atoms with E-state index in [1.807, 2.05) is 37.8 Å². The summed E-state index contributed by atoms with van der Waals surface area (Å²) in [6.45, 7) is 6.91. The summed E-state index contributed by atoms with van der Waals surface area (Å²) in [6, 6.07) is 8.87. The van der Waals surface area contributed by atoms with Crippen LogP contribution in [0.4, 0.5) is 14.6 Å². The van der Waals surface area contributed by atoms with E-state index >= 15 is 8.78 Å². The Labute approximate surface area is 258 Å². The van der Waals surface area contributed by atoms with Crippen molar-refractivity contribution in [1.82, 2.24) is 24.4 Å². The maximum atomic E-state index is 16.2. The number of benzene rings is 1. The number of aromatic nitrogens is 4. The number of hydrogen-bond acceptors (Lipinski definition) is 8. The van der Waals surface area contributed by atoms with E-state index in [0.29, 0.717) is 37.3 Å². The highest BCUT2D eigenvalue weighted by atomic mass is 19.1. The molecular weight excluding hydrogens is 580 g/mol. The third-order valence-corrected chi connectivity index (χ3v) is 8.18. The van der Waals surface area contributed by atoms with Crippen LogP contribution in [-0.4, -0.2) is 62.6 Å². The Bertz CT molecular complexity index is 1950. The molecule has 1 fully saturated rings. The predicted molar refractivity (Wildman–Crippen MR) is 164 cm³/mol. The van der Waals surface area contributed by atoms with E-state index in [-0.39, 0.29) is 64.9 Å². The monoisotopic (exact) mass is 611 g/mol. The number of nitrogens with zero attached hydrogens (tertiary/aromatic N) is 7. The summed E-state index contributed by atoms with van der Waals surface area (Å²) in [5.41, 5.74) is 1.05. The van der Waals surface area contributed by atoms with Gasteiger partial charge in [-0.15, -0.1) is 0 Å². The molecule has 0 N–H and O–H groups in total. The minimum absolute atomic E-state index is 0.0791. The van der Waals surface area contributed by atoms with Crippen LogP contribution in [0.1, 0.15) is 44.4 Å². The molecule has 10 nitrogen and oxygen atoms in total. The SMILES string of the molecule is CC(C)c1nccc2c1-n1c(=O)nc(N3CCN(C(=O)/C=C/C#N)CC3C)c3cc(F)c(nc31)-c1c(F)cccc1OCCC2. The number of fused-ring (bicyclic) bond motifs is 5. The summed E-state index contributed by atoms with van der Waals surface area (Å²) in [4.78, 5) is 44.0. The molecule has 2 bridgehead atoms. The number of aryl methyl sites for hydroxylation is 1. The van der Waals surface area contributed by atoms with Crippen LogP contribution >= 0.6 is 0 Å². The van der Waals surface area contributed by atoms with Gasteiger partial charge in [0.2, 0.25) is 5.91 Å². The van der Waals surface area contributed by atoms with E-state index in [1.54, 1.807) is 17.2 Å². The second kappa shape index (κ2) is 12.1. The molecule has 1 amide bonds. The number of ether oxygens (including phenoxy) is 1. The van der Waals surface area contributed by atoms with E-state index in [1.165, 1.54) is 28.8 Å². The predicted octanol–water partition coefficient (Wildman–Crippen LogP) is 4.69. The quantitative estimate of drug-likeness (QED) is 0.242. The number of pyridine rings is 2. The molecule has 230 valence electrons. The molecular formula is C33H31F2N7O3. The molecule has 1 unspecified atom stereocenters. The minimum atomic E-state index is -0.804. The maximum Gasteiger partial charge on any atom is 0.355 e. The van der Waals surface area contributed by atoms with Crippen molar-refractivity contribution >= 4 is 22.8 Å². The van der Waals surface area contributed by atoms with Gasteiger partial charge in [-0.05, 0) is 55.5 Å². The molecule has 0 aliphatic carbocycles. The molecule has 2 aliphatic rings. The number of carbonyl (C=O) groups is 1. The summed E-state index contributed by atoms with van der Waals surface area (Å²) < 4.78 is 38.9. The van der Waals surface area contributed by atoms with Gasteiger partial charge < -0.3 is 14.5 Å². The molecule has 0 radical (unpaired) electrons. The molecule has 5 heterocycles. The normalized spacial score (nSPS) is 16.6. The fourth-order valence-electron chi connectivity index (χ4n) is 6.08. The fourth-order valence-corrected chi connectivity index (χ4v) is 6.08. The Morgan fingerprint density at radius 1 is 1.18 bits per heavy atom. The molecule has 0 spiro atoms. The van der Waals surface area contributed by atoms with Gasteiger partial charge in [0.15, 0.2) is 11.5 Å². The van der Waals surface area contributed by atoms with Gasteiger partial charge in [-0.1, -0.05) is 19.9 Å². The number of anilines is 1. The second-order valence-corrected chi connectivity index (χ2v) is 11.5. The van der Waals surface area contributed by atoms with Crippen LogP contribution < -0.4 is 15.3 Å². The summed E-state index contributed by atoms with van der Waals surface area (Å²) in [6.07, 6.45) is 5.11. The molecule has 45 heavy (non-hydrogen) atoms. The molecule has 1 saturated heterocycles. The van der Waals surface area contributed by atoms with Gasteiger partial charge in [0.25, 0.3) is 0 Å². The summed E-state index contributed by atoms with van der Waals surface area (Å²) in [5, 5.41) is 9.06. The van der Waals surface area contributed by atoms with Gasteiger partial charge >= 0.3 is 5.69 Å². The van der Waals surface area contributed by atoms with Crippen LogP contribution in [0.3, 0.4) is 0 Å². The van der Waals surface area contributed by atoms with Crippen LogP contribution in [0.5, 0.6) is 5.75 Å². The average Bonchev–Trinajstić information content (AvgIpc) is 3.01. The smallest absolute Gasteiger partial charge is 0.355 e. The Kier molecular flexibility index (Phi) is 8.01. The highest BCUT2D eigenvalue weighted by Gasteiger charge is 2.31. The molecule has 0 saturated carbocycles. The van der Waals surface area contributed by atoms with E-state index in [9.17, 15) is 9.59 Å². The Hall–Kier alpha value is -5.18. The zero-order chi connectivity index (χ0) is 31.8. The number of halogens is 2. The van der Waals surface area contributed by atoms with Crippen LogP contribution in [-0.2, 0) is 11.2 Å². The zero-order valence-electron chi connectivity index (χ0n) is 25.1. The summed E-state index contributed by atoms with van der Waals surface area (Å²) in [7, 11) is 0. The van der Waals surface area contributed by atoms with Crippen molar-refractivity contribution in [3.05, 3.63) is 82.1 Å². The zero-order valence-corrected chi connectivity index (χ0v) is 25.1. The Balaban J connectivity index is 1.63. The first kappa shape index (κ1) is 29.9. The van der Waals surface area contributed by atoms with E-state index in [2.05, 4.69) is 15.0 Å². The first-order chi connectivity index (χ1) is 21.7. The Morgan fingerprint density at radius 3 is 2.76 bits per heavy atom. The summed E-state index contributed by atoms with van der Waals surface area (Å²) in [5.74, 6) is -1.52. The van der Waals surface area contributed by atoms with Crippen molar-refractivity contribution in [3.63, 3.8) is 0 Å². The topological polar surface area (TPSA) is 117 Å². The van der Waals surface area contributed by atoms with Gasteiger partial charge in [-0.2, -0.15) is 10.2 Å². The molecule has 1 aromatic carbocycles. The summed E-state index contributed by atoms with van der Waals surface area (Å²) >= 11 is 0. The van der Waals surface area contributed by atoms with Crippen LogP contribution in [0.2, 0.25) is 0 Å². The van der Waals surface area contributed by atoms with Crippen LogP contribution in [0.15, 0.2) is 53.5 Å². The lowest BCUT2D eigenvalue weighted by Crippen LogP contribution is -2.54. The van der Waals surface area contributed by atoms with Crippen LogP contribution in [0.25, 0.3) is 28.0 Å². The highest BCUT2D eigenvalue weighted by molar-refractivity contribution is 5.92. The minimum Gasteiger partial charge on any atom is -0.493 e. The molecule has 6 rings (SSSR count). The number of carbonyl (C=O) groups excluding carboxylic acids is 1. The van der Waals surface area contributed by atoms with E-state index < -0.39 is 17.3 Å². The molecule has 1 atom stereocenters. The number of hydrogen-bond donors (Lipinski definition) is 0. The van der Waals surface area contributed by atoms with Crippen molar-refractivity contribution in [2.24, 2.45) is 0 Å². The first-order valence-electron chi connectivity index (χ1n) is 14.8. The number of amides is 1. The van der Waals surface area contributed by atoms with Gasteiger partial charge in [-0.3, -0.25) is 9.78 Å². The van der Waals surface area contributed by atoms with Crippen molar-refractivity contribution in [1.29, 1.82) is 5.26 Å². The fraction of sp³-hybridized carbons (Fsp3) is 0.333. The van der Waals surface area contributed by atoms with Crippen molar-refractivity contribution in [2.75, 3.05) is 31.1 Å². The van der Waals surface area contributed by atoms with Crippen molar-refractivity contribution in [2.45, 2.75) is 45.6 Å². The number of allylic oxidation sites excluding steroid dienone is 1. The van der Waals surface area contributed by atoms with Crippen molar-refractivity contribution in [3.8, 4) is 28.8 Å².